The summed E-state index contributed by atoms with van der Waals surface area (Å²) in [5.41, 5.74) is 1.17. The molecule has 0 aliphatic heterocycles. The number of rotatable bonds is 0. The van der Waals surface area contributed by atoms with Crippen molar-refractivity contribution in [2.24, 2.45) is 0 Å². The van der Waals surface area contributed by atoms with Crippen LogP contribution in [-0.2, 0) is 0 Å². The Bertz CT molecular complexity index is 230. The average Bonchev–Trinajstić information content (AvgIpc) is 1.82. The highest BCUT2D eigenvalue weighted by molar-refractivity contribution is 5.26. The molecule has 0 heterocycles. The molecule has 0 spiro atoms. The monoisotopic (exact) mass is 142 g/mol. The Balaban J connectivity index is 3.31. The van der Waals surface area contributed by atoms with Crippen LogP contribution in [0, 0.1) is 25.5 Å². The molecule has 0 unspecified atom stereocenters. The highest BCUT2D eigenvalue weighted by atomic mass is 19.1. The van der Waals surface area contributed by atoms with Crippen LogP contribution in [0.2, 0.25) is 0 Å². The summed E-state index contributed by atoms with van der Waals surface area (Å²) in [6, 6.07) is 2.21. The van der Waals surface area contributed by atoms with E-state index in [-0.39, 0.29) is 0 Å². The van der Waals surface area contributed by atoms with Crippen LogP contribution in [0.25, 0.3) is 0 Å². The Morgan fingerprint density at radius 1 is 1.10 bits per heavy atom. The third-order valence-corrected chi connectivity index (χ3v) is 1.57. The van der Waals surface area contributed by atoms with Gasteiger partial charge in [-0.1, -0.05) is 0 Å². The predicted octanol–water partition coefficient (Wildman–Crippen LogP) is 2.58. The van der Waals surface area contributed by atoms with Gasteiger partial charge in [-0.2, -0.15) is 0 Å². The van der Waals surface area contributed by atoms with E-state index in [2.05, 4.69) is 0 Å². The van der Waals surface area contributed by atoms with E-state index in [4.69, 9.17) is 0 Å². The summed E-state index contributed by atoms with van der Waals surface area (Å²) in [5, 5.41) is 0. The molecule has 0 nitrogen and oxygen atoms in total. The van der Waals surface area contributed by atoms with Crippen LogP contribution < -0.4 is 0 Å². The molecule has 0 aliphatic carbocycles. The molecule has 0 amide bonds. The smallest absolute Gasteiger partial charge is 0.129 e. The molecule has 0 atom stereocenters. The highest BCUT2D eigenvalue weighted by Crippen LogP contribution is 2.12. The molecule has 0 saturated heterocycles. The van der Waals surface area contributed by atoms with Gasteiger partial charge in [0, 0.05) is 6.07 Å². The van der Waals surface area contributed by atoms with E-state index >= 15 is 0 Å². The minimum absolute atomic E-state index is 0.475. The topological polar surface area (TPSA) is 0 Å². The Morgan fingerprint density at radius 2 is 1.70 bits per heavy atom. The van der Waals surface area contributed by atoms with Gasteiger partial charge >= 0.3 is 0 Å². The molecule has 1 rings (SSSR count). The third-order valence-electron chi connectivity index (χ3n) is 1.57. The Morgan fingerprint density at radius 3 is 2.20 bits per heavy atom. The fourth-order valence-electron chi connectivity index (χ4n) is 0.774. The van der Waals surface area contributed by atoms with Gasteiger partial charge in [0.15, 0.2) is 0 Å². The van der Waals surface area contributed by atoms with Gasteiger partial charge in [0.05, 0.1) is 0 Å². The van der Waals surface area contributed by atoms with Gasteiger partial charge in [0.25, 0.3) is 0 Å². The first-order valence-electron chi connectivity index (χ1n) is 3.03. The normalized spacial score (nSPS) is 10.0. The second-order valence-corrected chi connectivity index (χ2v) is 2.33. The predicted molar refractivity (Wildman–Crippen MR) is 35.8 cm³/mol. The van der Waals surface area contributed by atoms with Crippen molar-refractivity contribution in [3.8, 4) is 0 Å². The van der Waals surface area contributed by atoms with Crippen molar-refractivity contribution in [1.29, 1.82) is 0 Å². The number of halogens is 2. The maximum absolute atomic E-state index is 12.6. The maximum Gasteiger partial charge on any atom is 0.129 e. The minimum atomic E-state index is -0.513. The van der Waals surface area contributed by atoms with Crippen molar-refractivity contribution in [2.45, 2.75) is 13.8 Å². The van der Waals surface area contributed by atoms with Crippen LogP contribution in [0.5, 0.6) is 0 Å². The van der Waals surface area contributed by atoms with Gasteiger partial charge in [0.1, 0.15) is 11.6 Å². The lowest BCUT2D eigenvalue weighted by Gasteiger charge is -1.99. The first-order valence-corrected chi connectivity index (χ1v) is 3.03. The van der Waals surface area contributed by atoms with Gasteiger partial charge in [-0.25, -0.2) is 8.78 Å². The maximum atomic E-state index is 12.6. The van der Waals surface area contributed by atoms with E-state index in [9.17, 15) is 8.78 Å². The molecular formula is C8H8F2. The van der Waals surface area contributed by atoms with Crippen LogP contribution >= 0.6 is 0 Å². The van der Waals surface area contributed by atoms with Gasteiger partial charge in [-0.15, -0.1) is 0 Å². The number of hydrogen-bond acceptors (Lipinski definition) is 0. The Labute approximate surface area is 58.5 Å². The molecule has 0 N–H and O–H groups in total. The lowest BCUT2D eigenvalue weighted by Crippen LogP contribution is -1.88. The van der Waals surface area contributed by atoms with Gasteiger partial charge in [-0.05, 0) is 31.0 Å². The van der Waals surface area contributed by atoms with E-state index in [0.717, 1.165) is 6.07 Å². The van der Waals surface area contributed by atoms with Crippen molar-refractivity contribution >= 4 is 0 Å². The molecule has 1 aromatic rings. The van der Waals surface area contributed by atoms with Crippen molar-refractivity contribution in [2.75, 3.05) is 0 Å². The van der Waals surface area contributed by atoms with Crippen LogP contribution in [0.15, 0.2) is 12.1 Å². The van der Waals surface area contributed by atoms with Crippen molar-refractivity contribution < 1.29 is 8.78 Å². The minimum Gasteiger partial charge on any atom is -0.207 e. The second kappa shape index (κ2) is 2.37. The fourth-order valence-corrected chi connectivity index (χ4v) is 0.774. The van der Waals surface area contributed by atoms with E-state index in [1.54, 1.807) is 13.8 Å². The van der Waals surface area contributed by atoms with E-state index in [1.165, 1.54) is 6.07 Å². The molecule has 1 aromatic carbocycles. The van der Waals surface area contributed by atoms with Gasteiger partial charge in [-0.3, -0.25) is 0 Å². The highest BCUT2D eigenvalue weighted by Gasteiger charge is 2.01. The number of aryl methyl sites for hydroxylation is 1. The molecule has 10 heavy (non-hydrogen) atoms. The average molecular weight is 142 g/mol. The van der Waals surface area contributed by atoms with E-state index in [1.807, 2.05) is 0 Å². The van der Waals surface area contributed by atoms with Crippen molar-refractivity contribution in [1.82, 2.24) is 0 Å². The fraction of sp³-hybridized carbons (Fsp3) is 0.250. The summed E-state index contributed by atoms with van der Waals surface area (Å²) >= 11 is 0. The zero-order chi connectivity index (χ0) is 7.72. The molecule has 0 radical (unpaired) electrons. The quantitative estimate of drug-likeness (QED) is 0.522. The standard InChI is InChI=1S/C8H8F2/c1-5-3-7(9)4-8(10)6(5)2/h3-4H,1-2H3. The molecule has 0 aliphatic rings. The molecule has 0 aromatic heterocycles. The van der Waals surface area contributed by atoms with E-state index < -0.39 is 11.6 Å². The number of hydrogen-bond donors (Lipinski definition) is 0. The van der Waals surface area contributed by atoms with Gasteiger partial charge in [0.2, 0.25) is 0 Å². The molecule has 0 saturated carbocycles. The molecule has 0 bridgehead atoms. The summed E-state index contributed by atoms with van der Waals surface area (Å²) < 4.78 is 25.0. The van der Waals surface area contributed by atoms with Gasteiger partial charge < -0.3 is 0 Å². The summed E-state index contributed by atoms with van der Waals surface area (Å²) in [6.45, 7) is 3.31. The first kappa shape index (κ1) is 7.19. The van der Waals surface area contributed by atoms with Crippen LogP contribution in [-0.4, -0.2) is 0 Å². The first-order chi connectivity index (χ1) is 4.61. The largest absolute Gasteiger partial charge is 0.207 e. The van der Waals surface area contributed by atoms with Crippen LogP contribution in [0.1, 0.15) is 11.1 Å². The SMILES string of the molecule is Cc1cc(F)cc(F)c1C. The summed E-state index contributed by atoms with van der Waals surface area (Å²) in [7, 11) is 0. The lowest BCUT2D eigenvalue weighted by atomic mass is 10.1. The molecule has 2 heteroatoms. The second-order valence-electron chi connectivity index (χ2n) is 2.33. The van der Waals surface area contributed by atoms with Crippen LogP contribution in [0.3, 0.4) is 0 Å². The van der Waals surface area contributed by atoms with Crippen molar-refractivity contribution in [3.05, 3.63) is 34.9 Å². The zero-order valence-corrected chi connectivity index (χ0v) is 5.91. The molecular weight excluding hydrogens is 134 g/mol. The molecule has 54 valence electrons. The molecule has 0 fully saturated rings. The zero-order valence-electron chi connectivity index (χ0n) is 5.91. The van der Waals surface area contributed by atoms with E-state index in [0.29, 0.717) is 11.1 Å². The lowest BCUT2D eigenvalue weighted by molar-refractivity contribution is 0.575. The third kappa shape index (κ3) is 1.15. The summed E-state index contributed by atoms with van der Waals surface area (Å²) in [6.07, 6.45) is 0. The Hall–Kier alpha value is -0.920. The van der Waals surface area contributed by atoms with Crippen molar-refractivity contribution in [3.63, 3.8) is 0 Å². The summed E-state index contributed by atoms with van der Waals surface area (Å²) in [4.78, 5) is 0. The number of benzene rings is 1. The Kier molecular flexibility index (Phi) is 1.70. The van der Waals surface area contributed by atoms with Crippen LogP contribution in [0.4, 0.5) is 8.78 Å². The summed E-state index contributed by atoms with van der Waals surface area (Å²) in [5.74, 6) is -0.988.